The highest BCUT2D eigenvalue weighted by atomic mass is 32.2. The van der Waals surface area contributed by atoms with Gasteiger partial charge in [-0.05, 0) is 13.5 Å². The number of methoxy groups -OCH3 is 1. The number of ether oxygens (including phenoxy) is 1. The van der Waals surface area contributed by atoms with E-state index >= 15 is 0 Å². The number of rotatable bonds is 8. The summed E-state index contributed by atoms with van der Waals surface area (Å²) in [6.45, 7) is 1.40. The van der Waals surface area contributed by atoms with Gasteiger partial charge in [-0.1, -0.05) is 0 Å². The molecule has 0 aliphatic carbocycles. The van der Waals surface area contributed by atoms with Crippen molar-refractivity contribution in [3.63, 3.8) is 0 Å². The van der Waals surface area contributed by atoms with Gasteiger partial charge in [-0.3, -0.25) is 5.10 Å². The summed E-state index contributed by atoms with van der Waals surface area (Å²) in [7, 11) is 1.39. The van der Waals surface area contributed by atoms with Gasteiger partial charge >= 0.3 is 0 Å². The zero-order chi connectivity index (χ0) is 13.6. The second kappa shape index (κ2) is 6.83. The van der Waals surface area contributed by atoms with Crippen LogP contribution < -0.4 is 5.32 Å². The molecule has 0 fully saturated rings. The van der Waals surface area contributed by atoms with Crippen molar-refractivity contribution in [2.75, 3.05) is 34.4 Å². The first-order valence-corrected chi connectivity index (χ1v) is 7.10. The predicted molar refractivity (Wildman–Crippen MR) is 67.7 cm³/mol. The quantitative estimate of drug-likeness (QED) is 0.641. The van der Waals surface area contributed by atoms with Gasteiger partial charge < -0.3 is 10.1 Å². The van der Waals surface area contributed by atoms with E-state index in [0.29, 0.717) is 31.7 Å². The summed E-state index contributed by atoms with van der Waals surface area (Å²) in [4.78, 5) is 0. The lowest BCUT2D eigenvalue weighted by Gasteiger charge is -2.16. The summed E-state index contributed by atoms with van der Waals surface area (Å²) >= 11 is 0. The Kier molecular flexibility index (Phi) is 5.73. The van der Waals surface area contributed by atoms with Crippen LogP contribution in [0.1, 0.15) is 12.0 Å². The molecule has 0 saturated carbocycles. The van der Waals surface area contributed by atoms with E-state index in [1.165, 1.54) is 10.5 Å². The molecule has 2 N–H and O–H groups in total. The Bertz CT molecular complexity index is 457. The van der Waals surface area contributed by atoms with E-state index in [-0.39, 0.29) is 5.03 Å². The van der Waals surface area contributed by atoms with Crippen molar-refractivity contribution in [1.82, 2.24) is 19.8 Å². The summed E-state index contributed by atoms with van der Waals surface area (Å²) in [6, 6.07) is 0. The minimum Gasteiger partial charge on any atom is -0.385 e. The van der Waals surface area contributed by atoms with E-state index < -0.39 is 10.0 Å². The van der Waals surface area contributed by atoms with Gasteiger partial charge in [0.2, 0.25) is 0 Å². The molecule has 0 atom stereocenters. The zero-order valence-electron chi connectivity index (χ0n) is 10.9. The maximum absolute atomic E-state index is 12.3. The molecule has 1 aromatic rings. The highest BCUT2D eigenvalue weighted by Crippen LogP contribution is 2.16. The molecule has 0 spiro atoms. The van der Waals surface area contributed by atoms with Crippen LogP contribution >= 0.6 is 0 Å². The van der Waals surface area contributed by atoms with Gasteiger partial charge in [-0.15, -0.1) is 0 Å². The molecule has 0 bridgehead atoms. The molecule has 1 aromatic heterocycles. The Morgan fingerprint density at radius 2 is 2.28 bits per heavy atom. The monoisotopic (exact) mass is 276 g/mol. The average molecular weight is 276 g/mol. The fraction of sp³-hybridized carbons (Fsp3) is 0.700. The van der Waals surface area contributed by atoms with Crippen molar-refractivity contribution in [3.8, 4) is 0 Å². The Labute approximate surface area is 108 Å². The summed E-state index contributed by atoms with van der Waals surface area (Å²) in [5.74, 6) is 0. The Balaban J connectivity index is 2.81. The van der Waals surface area contributed by atoms with Gasteiger partial charge in [0.15, 0.2) is 5.03 Å². The van der Waals surface area contributed by atoms with E-state index in [4.69, 9.17) is 4.74 Å². The van der Waals surface area contributed by atoms with Gasteiger partial charge in [0.25, 0.3) is 10.0 Å². The van der Waals surface area contributed by atoms with Crippen LogP contribution in [0.3, 0.4) is 0 Å². The van der Waals surface area contributed by atoms with Crippen molar-refractivity contribution in [1.29, 1.82) is 0 Å². The van der Waals surface area contributed by atoms with Crippen molar-refractivity contribution in [2.24, 2.45) is 0 Å². The Morgan fingerprint density at radius 3 is 2.89 bits per heavy atom. The lowest BCUT2D eigenvalue weighted by Crippen LogP contribution is -2.30. The minimum atomic E-state index is -3.51. The average Bonchev–Trinajstić information content (AvgIpc) is 2.78. The smallest absolute Gasteiger partial charge is 0.260 e. The molecule has 0 aliphatic rings. The summed E-state index contributed by atoms with van der Waals surface area (Å²) in [5, 5.41) is 9.40. The SMILES string of the molecule is CNCc1cn[nH]c1S(=O)(=O)N(C)CCCOC. The summed E-state index contributed by atoms with van der Waals surface area (Å²) in [5.41, 5.74) is 0.635. The molecule has 8 heteroatoms. The zero-order valence-corrected chi connectivity index (χ0v) is 11.7. The van der Waals surface area contributed by atoms with Gasteiger partial charge in [0.05, 0.1) is 6.20 Å². The number of sulfonamides is 1. The molecule has 1 rings (SSSR count). The molecule has 1 heterocycles. The van der Waals surface area contributed by atoms with Crippen molar-refractivity contribution >= 4 is 10.0 Å². The number of nitrogens with zero attached hydrogens (tertiary/aromatic N) is 2. The van der Waals surface area contributed by atoms with Crippen LogP contribution in [0.2, 0.25) is 0 Å². The first-order chi connectivity index (χ1) is 8.54. The first-order valence-electron chi connectivity index (χ1n) is 5.66. The molecule has 0 radical (unpaired) electrons. The fourth-order valence-electron chi connectivity index (χ4n) is 1.55. The third-order valence-electron chi connectivity index (χ3n) is 2.54. The molecule has 104 valence electrons. The largest absolute Gasteiger partial charge is 0.385 e. The highest BCUT2D eigenvalue weighted by Gasteiger charge is 2.25. The second-order valence-corrected chi connectivity index (χ2v) is 5.91. The van der Waals surface area contributed by atoms with Crippen molar-refractivity contribution < 1.29 is 13.2 Å². The van der Waals surface area contributed by atoms with Crippen LogP contribution in [0.25, 0.3) is 0 Å². The first kappa shape index (κ1) is 15.1. The number of hydrogen-bond acceptors (Lipinski definition) is 5. The van der Waals surface area contributed by atoms with Gasteiger partial charge in [0, 0.05) is 39.4 Å². The maximum atomic E-state index is 12.3. The molecule has 0 amide bonds. The highest BCUT2D eigenvalue weighted by molar-refractivity contribution is 7.89. The Morgan fingerprint density at radius 1 is 1.56 bits per heavy atom. The normalized spacial score (nSPS) is 12.2. The summed E-state index contributed by atoms with van der Waals surface area (Å²) in [6.07, 6.45) is 2.17. The Hall–Kier alpha value is -0.960. The van der Waals surface area contributed by atoms with Crippen LogP contribution in [0.15, 0.2) is 11.2 Å². The van der Waals surface area contributed by atoms with Crippen LogP contribution in [0.4, 0.5) is 0 Å². The predicted octanol–water partition coefficient (Wildman–Crippen LogP) is -0.214. The minimum absolute atomic E-state index is 0.150. The lowest BCUT2D eigenvalue weighted by molar-refractivity contribution is 0.189. The van der Waals surface area contributed by atoms with Crippen molar-refractivity contribution in [2.45, 2.75) is 18.0 Å². The van der Waals surface area contributed by atoms with E-state index in [2.05, 4.69) is 15.5 Å². The van der Waals surface area contributed by atoms with Crippen LogP contribution in [-0.2, 0) is 21.3 Å². The van der Waals surface area contributed by atoms with Gasteiger partial charge in [0.1, 0.15) is 0 Å². The topological polar surface area (TPSA) is 87.3 Å². The number of hydrogen-bond donors (Lipinski definition) is 2. The second-order valence-electron chi connectivity index (χ2n) is 3.93. The molecular formula is C10H20N4O3S. The lowest BCUT2D eigenvalue weighted by atomic mass is 10.4. The van der Waals surface area contributed by atoms with E-state index in [1.54, 1.807) is 21.2 Å². The molecular weight excluding hydrogens is 256 g/mol. The molecule has 0 aromatic carbocycles. The third kappa shape index (κ3) is 3.52. The molecule has 18 heavy (non-hydrogen) atoms. The van der Waals surface area contributed by atoms with Crippen LogP contribution in [-0.4, -0.2) is 57.3 Å². The third-order valence-corrected chi connectivity index (χ3v) is 4.41. The van der Waals surface area contributed by atoms with E-state index in [1.807, 2.05) is 0 Å². The van der Waals surface area contributed by atoms with Gasteiger partial charge in [-0.25, -0.2) is 8.42 Å². The maximum Gasteiger partial charge on any atom is 0.260 e. The summed E-state index contributed by atoms with van der Waals surface area (Å²) < 4.78 is 30.7. The van der Waals surface area contributed by atoms with E-state index in [0.717, 1.165) is 0 Å². The van der Waals surface area contributed by atoms with Crippen LogP contribution in [0, 0.1) is 0 Å². The molecule has 7 nitrogen and oxygen atoms in total. The molecule has 0 aliphatic heterocycles. The molecule has 0 saturated heterocycles. The number of aromatic amines is 1. The van der Waals surface area contributed by atoms with Crippen LogP contribution in [0.5, 0.6) is 0 Å². The number of aromatic nitrogens is 2. The number of nitrogens with one attached hydrogen (secondary N) is 2. The number of H-pyrrole nitrogens is 1. The van der Waals surface area contributed by atoms with E-state index in [9.17, 15) is 8.42 Å². The standard InChI is InChI=1S/C10H20N4O3S/c1-11-7-9-8-12-13-10(9)18(15,16)14(2)5-4-6-17-3/h8,11H,4-7H2,1-3H3,(H,12,13). The fourth-order valence-corrected chi connectivity index (χ4v) is 2.85. The molecule has 0 unspecified atom stereocenters. The van der Waals surface area contributed by atoms with Crippen molar-refractivity contribution in [3.05, 3.63) is 11.8 Å². The van der Waals surface area contributed by atoms with Gasteiger partial charge in [-0.2, -0.15) is 9.40 Å².